The van der Waals surface area contributed by atoms with Crippen LogP contribution in [0.3, 0.4) is 0 Å². The Labute approximate surface area is 173 Å². The Morgan fingerprint density at radius 3 is 2.61 bits per heavy atom. The molecule has 1 aliphatic rings. The van der Waals surface area contributed by atoms with E-state index in [9.17, 15) is 5.11 Å². The van der Waals surface area contributed by atoms with E-state index in [-0.39, 0.29) is 5.92 Å². The number of aliphatic hydroxyl groups is 1. The van der Waals surface area contributed by atoms with E-state index in [4.69, 9.17) is 16.3 Å². The van der Waals surface area contributed by atoms with Crippen LogP contribution in [0.25, 0.3) is 6.08 Å². The molecule has 0 aliphatic heterocycles. The van der Waals surface area contributed by atoms with Crippen molar-refractivity contribution in [1.29, 1.82) is 0 Å². The minimum atomic E-state index is -1.02. The van der Waals surface area contributed by atoms with Gasteiger partial charge in [0.15, 0.2) is 0 Å². The number of halogens is 1. The van der Waals surface area contributed by atoms with Gasteiger partial charge in [0.1, 0.15) is 11.4 Å². The third-order valence-electron chi connectivity index (χ3n) is 5.63. The highest BCUT2D eigenvalue weighted by Crippen LogP contribution is 2.45. The first kappa shape index (κ1) is 20.9. The third kappa shape index (κ3) is 4.60. The predicted molar refractivity (Wildman–Crippen MR) is 117 cm³/mol. The maximum absolute atomic E-state index is 12.2. The van der Waals surface area contributed by atoms with Crippen molar-refractivity contribution in [3.8, 4) is 5.75 Å². The highest BCUT2D eigenvalue weighted by Gasteiger charge is 2.42. The van der Waals surface area contributed by atoms with E-state index in [1.165, 1.54) is 0 Å². The maximum atomic E-state index is 12.2. The van der Waals surface area contributed by atoms with Gasteiger partial charge in [0.2, 0.25) is 0 Å². The monoisotopic (exact) mass is 399 g/mol. The third-order valence-corrected chi connectivity index (χ3v) is 5.89. The lowest BCUT2D eigenvalue weighted by Crippen LogP contribution is -2.41. The van der Waals surface area contributed by atoms with Gasteiger partial charge in [-0.15, -0.1) is 0 Å². The van der Waals surface area contributed by atoms with Crippen molar-refractivity contribution in [2.75, 3.05) is 27.7 Å². The van der Waals surface area contributed by atoms with E-state index in [1.807, 2.05) is 42.5 Å². The quantitative estimate of drug-likeness (QED) is 0.686. The van der Waals surface area contributed by atoms with E-state index >= 15 is 0 Å². The highest BCUT2D eigenvalue weighted by molar-refractivity contribution is 6.30. The zero-order valence-corrected chi connectivity index (χ0v) is 17.7. The molecule has 0 amide bonds. The first-order valence-corrected chi connectivity index (χ1v) is 10.3. The second-order valence-corrected chi connectivity index (χ2v) is 8.36. The number of hydrogen-bond acceptors (Lipinski definition) is 3. The summed E-state index contributed by atoms with van der Waals surface area (Å²) in [6.07, 6.45) is 6.21. The second-order valence-electron chi connectivity index (χ2n) is 7.92. The number of nitrogens with zero attached hydrogens (tertiary/aromatic N) is 1. The summed E-state index contributed by atoms with van der Waals surface area (Å²) in [6, 6.07) is 15.7. The summed E-state index contributed by atoms with van der Waals surface area (Å²) in [5.74, 6) is 0.936. The zero-order valence-electron chi connectivity index (χ0n) is 17.0. The molecule has 0 saturated heterocycles. The van der Waals surface area contributed by atoms with E-state index in [0.29, 0.717) is 5.02 Å². The number of methoxy groups -OCH3 is 1. The minimum absolute atomic E-state index is 0.114. The fourth-order valence-electron chi connectivity index (χ4n) is 4.27. The maximum Gasteiger partial charge on any atom is 0.119 e. The Morgan fingerprint density at radius 2 is 1.93 bits per heavy atom. The summed E-state index contributed by atoms with van der Waals surface area (Å²) in [5, 5.41) is 12.9. The van der Waals surface area contributed by atoms with Crippen LogP contribution in [0.4, 0.5) is 0 Å². The van der Waals surface area contributed by atoms with Crippen LogP contribution in [0.15, 0.2) is 54.1 Å². The summed E-state index contributed by atoms with van der Waals surface area (Å²) in [7, 11) is 5.81. The first-order chi connectivity index (χ1) is 13.4. The van der Waals surface area contributed by atoms with Crippen molar-refractivity contribution in [2.45, 2.75) is 31.3 Å². The van der Waals surface area contributed by atoms with Crippen LogP contribution in [0.1, 0.15) is 36.8 Å². The van der Waals surface area contributed by atoms with Gasteiger partial charge < -0.3 is 14.7 Å². The Balaban J connectivity index is 2.12. The van der Waals surface area contributed by atoms with E-state index in [1.54, 1.807) is 7.11 Å². The van der Waals surface area contributed by atoms with Crippen molar-refractivity contribution < 1.29 is 9.84 Å². The van der Waals surface area contributed by atoms with Crippen molar-refractivity contribution in [3.63, 3.8) is 0 Å². The molecule has 150 valence electrons. The molecule has 4 heteroatoms. The van der Waals surface area contributed by atoms with Crippen LogP contribution in [0.5, 0.6) is 5.75 Å². The molecule has 2 aromatic rings. The number of benzene rings is 2. The minimum Gasteiger partial charge on any atom is -0.497 e. The average molecular weight is 400 g/mol. The summed E-state index contributed by atoms with van der Waals surface area (Å²) in [6.45, 7) is 0.828. The SMILES string of the molecule is COc1cccc(C=C2CCCCC(CN(C)C)C2(O)c2ccc(Cl)cc2)c1. The molecule has 2 atom stereocenters. The molecule has 0 aromatic heterocycles. The van der Waals surface area contributed by atoms with Crippen LogP contribution < -0.4 is 4.74 Å². The molecule has 3 rings (SSSR count). The number of hydrogen-bond donors (Lipinski definition) is 1. The van der Waals surface area contributed by atoms with Gasteiger partial charge in [0, 0.05) is 17.5 Å². The van der Waals surface area contributed by atoms with Gasteiger partial charge in [-0.2, -0.15) is 0 Å². The lowest BCUT2D eigenvalue weighted by Gasteiger charge is -2.39. The molecule has 0 radical (unpaired) electrons. The lowest BCUT2D eigenvalue weighted by atomic mass is 9.74. The molecule has 2 unspecified atom stereocenters. The molecule has 0 heterocycles. The molecular formula is C24H30ClNO2. The van der Waals surface area contributed by atoms with Gasteiger partial charge in [-0.05, 0) is 74.3 Å². The predicted octanol–water partition coefficient (Wildman–Crippen LogP) is 5.37. The van der Waals surface area contributed by atoms with E-state index < -0.39 is 5.60 Å². The van der Waals surface area contributed by atoms with Gasteiger partial charge in [0.25, 0.3) is 0 Å². The van der Waals surface area contributed by atoms with Gasteiger partial charge in [-0.1, -0.05) is 48.4 Å². The lowest BCUT2D eigenvalue weighted by molar-refractivity contribution is 0.000489. The summed E-state index contributed by atoms with van der Waals surface area (Å²) in [4.78, 5) is 2.17. The van der Waals surface area contributed by atoms with Gasteiger partial charge >= 0.3 is 0 Å². The fraction of sp³-hybridized carbons (Fsp3) is 0.417. The smallest absolute Gasteiger partial charge is 0.119 e. The number of rotatable bonds is 5. The van der Waals surface area contributed by atoms with Crippen molar-refractivity contribution in [3.05, 3.63) is 70.3 Å². The fourth-order valence-corrected chi connectivity index (χ4v) is 4.40. The molecule has 0 spiro atoms. The zero-order chi connectivity index (χ0) is 20.1. The van der Waals surface area contributed by atoms with Crippen molar-refractivity contribution in [2.24, 2.45) is 5.92 Å². The Morgan fingerprint density at radius 1 is 1.18 bits per heavy atom. The van der Waals surface area contributed by atoms with Crippen LogP contribution in [-0.4, -0.2) is 37.8 Å². The van der Waals surface area contributed by atoms with Crippen LogP contribution in [0, 0.1) is 5.92 Å². The molecule has 1 saturated carbocycles. The average Bonchev–Trinajstić information content (AvgIpc) is 2.83. The molecule has 3 nitrogen and oxygen atoms in total. The van der Waals surface area contributed by atoms with Crippen LogP contribution in [0.2, 0.25) is 5.02 Å². The van der Waals surface area contributed by atoms with E-state index in [2.05, 4.69) is 31.1 Å². The molecule has 1 aliphatic carbocycles. The Hall–Kier alpha value is -1.81. The summed E-state index contributed by atoms with van der Waals surface area (Å²) >= 11 is 6.13. The topological polar surface area (TPSA) is 32.7 Å². The molecule has 1 fully saturated rings. The molecular weight excluding hydrogens is 370 g/mol. The molecule has 1 N–H and O–H groups in total. The second kappa shape index (κ2) is 9.13. The van der Waals surface area contributed by atoms with Crippen LogP contribution in [-0.2, 0) is 5.60 Å². The summed E-state index contributed by atoms with van der Waals surface area (Å²) in [5.41, 5.74) is 2.01. The van der Waals surface area contributed by atoms with Gasteiger partial charge in [-0.3, -0.25) is 0 Å². The summed E-state index contributed by atoms with van der Waals surface area (Å²) < 4.78 is 5.38. The van der Waals surface area contributed by atoms with E-state index in [0.717, 1.165) is 54.7 Å². The molecule has 2 aromatic carbocycles. The Kier molecular flexibility index (Phi) is 6.82. The van der Waals surface area contributed by atoms with Crippen molar-refractivity contribution in [1.82, 2.24) is 4.90 Å². The molecule has 28 heavy (non-hydrogen) atoms. The standard InChI is InChI=1S/C24H30ClNO2/c1-26(2)17-21-9-5-4-8-20(15-18-7-6-10-23(16-18)28-3)24(21,27)19-11-13-22(25)14-12-19/h6-7,10-16,21,27H,4-5,8-9,17H2,1-3H3. The highest BCUT2D eigenvalue weighted by atomic mass is 35.5. The largest absolute Gasteiger partial charge is 0.497 e. The molecule has 0 bridgehead atoms. The van der Waals surface area contributed by atoms with Crippen LogP contribution >= 0.6 is 11.6 Å². The first-order valence-electron chi connectivity index (χ1n) is 9.91. The normalized spacial score (nSPS) is 24.4. The van der Waals surface area contributed by atoms with Crippen molar-refractivity contribution >= 4 is 17.7 Å². The van der Waals surface area contributed by atoms with Gasteiger partial charge in [-0.25, -0.2) is 0 Å². The number of ether oxygens (including phenoxy) is 1. The Bertz CT molecular complexity index is 816. The van der Waals surface area contributed by atoms with Gasteiger partial charge in [0.05, 0.1) is 7.11 Å².